The third-order valence-corrected chi connectivity index (χ3v) is 7.05. The van der Waals surface area contributed by atoms with Gasteiger partial charge in [0.25, 0.3) is 0 Å². The van der Waals surface area contributed by atoms with Crippen LogP contribution in [0.15, 0.2) is 58.4 Å². The highest BCUT2D eigenvalue weighted by atomic mass is 16.6. The molecule has 0 aromatic carbocycles. The van der Waals surface area contributed by atoms with E-state index in [1.807, 2.05) is 11.8 Å². The molecule has 0 aromatic heterocycles. The van der Waals surface area contributed by atoms with Crippen LogP contribution in [0.3, 0.4) is 0 Å². The fraction of sp³-hybridized carbons (Fsp3) is 0.600. The van der Waals surface area contributed by atoms with Crippen molar-refractivity contribution in [2.24, 2.45) is 11.8 Å². The second-order valence-corrected chi connectivity index (χ2v) is 10.4. The Balaban J connectivity index is 1.65. The van der Waals surface area contributed by atoms with Crippen LogP contribution in [-0.2, 0) is 14.3 Å². The summed E-state index contributed by atoms with van der Waals surface area (Å²) in [5.41, 5.74) is 3.76. The van der Waals surface area contributed by atoms with Crippen molar-refractivity contribution in [3.63, 3.8) is 0 Å². The molecular formula is C30H45NO4. The molecule has 3 atom stereocenters. The van der Waals surface area contributed by atoms with Crippen molar-refractivity contribution in [1.29, 1.82) is 0 Å². The second-order valence-electron chi connectivity index (χ2n) is 10.4. The van der Waals surface area contributed by atoms with Gasteiger partial charge in [0.15, 0.2) is 6.10 Å². The van der Waals surface area contributed by atoms with E-state index in [4.69, 9.17) is 4.74 Å². The summed E-state index contributed by atoms with van der Waals surface area (Å²) in [7, 11) is 0. The zero-order chi connectivity index (χ0) is 26.0. The van der Waals surface area contributed by atoms with Crippen LogP contribution in [0.4, 0.5) is 0 Å². The normalized spacial score (nSPS) is 21.3. The number of esters is 1. The molecule has 5 nitrogen and oxygen atoms in total. The summed E-state index contributed by atoms with van der Waals surface area (Å²) in [6.07, 6.45) is 16.8. The lowest BCUT2D eigenvalue weighted by Gasteiger charge is -2.20. The quantitative estimate of drug-likeness (QED) is 0.164. The molecule has 194 valence electrons. The third-order valence-electron chi connectivity index (χ3n) is 7.05. The van der Waals surface area contributed by atoms with Crippen molar-refractivity contribution < 1.29 is 19.4 Å². The van der Waals surface area contributed by atoms with Crippen LogP contribution in [0.2, 0.25) is 0 Å². The molecule has 2 heterocycles. The number of aliphatic hydroxyl groups excluding tert-OH is 1. The third kappa shape index (κ3) is 9.19. The molecule has 35 heavy (non-hydrogen) atoms. The zero-order valence-electron chi connectivity index (χ0n) is 22.6. The summed E-state index contributed by atoms with van der Waals surface area (Å²) < 4.78 is 5.20. The van der Waals surface area contributed by atoms with E-state index in [2.05, 4.69) is 58.1 Å². The van der Waals surface area contributed by atoms with Gasteiger partial charge in [-0.25, -0.2) is 4.79 Å². The first-order valence-corrected chi connectivity index (χ1v) is 13.2. The summed E-state index contributed by atoms with van der Waals surface area (Å²) in [6, 6.07) is 0. The van der Waals surface area contributed by atoms with Gasteiger partial charge in [-0.05, 0) is 64.7 Å². The van der Waals surface area contributed by atoms with E-state index in [9.17, 15) is 14.7 Å². The molecule has 0 spiro atoms. The number of cyclic esters (lactones) is 1. The summed E-state index contributed by atoms with van der Waals surface area (Å²) >= 11 is 0. The van der Waals surface area contributed by atoms with Crippen LogP contribution in [0, 0.1) is 11.8 Å². The number of allylic oxidation sites excluding steroid dienone is 5. The predicted molar refractivity (Wildman–Crippen MR) is 143 cm³/mol. The number of rotatable bonds is 14. The van der Waals surface area contributed by atoms with Crippen LogP contribution in [-0.4, -0.2) is 41.1 Å². The molecule has 0 bridgehead atoms. The molecule has 1 amide bonds. The van der Waals surface area contributed by atoms with E-state index in [-0.39, 0.29) is 11.7 Å². The average molecular weight is 484 g/mol. The highest BCUT2D eigenvalue weighted by molar-refractivity contribution is 5.95. The van der Waals surface area contributed by atoms with Gasteiger partial charge in [0.1, 0.15) is 5.76 Å². The van der Waals surface area contributed by atoms with Crippen molar-refractivity contribution in [2.75, 3.05) is 13.1 Å². The fourth-order valence-electron chi connectivity index (χ4n) is 4.34. The zero-order valence-corrected chi connectivity index (χ0v) is 22.6. The van der Waals surface area contributed by atoms with Crippen molar-refractivity contribution in [3.8, 4) is 0 Å². The summed E-state index contributed by atoms with van der Waals surface area (Å²) in [4.78, 5) is 26.0. The highest BCUT2D eigenvalue weighted by Gasteiger charge is 2.31. The molecule has 2 aliphatic rings. The topological polar surface area (TPSA) is 66.8 Å². The van der Waals surface area contributed by atoms with Crippen molar-refractivity contribution in [2.45, 2.75) is 92.6 Å². The van der Waals surface area contributed by atoms with Crippen molar-refractivity contribution in [3.05, 3.63) is 58.4 Å². The van der Waals surface area contributed by atoms with Gasteiger partial charge in [0, 0.05) is 25.1 Å². The molecule has 0 aromatic rings. The Kier molecular flexibility index (Phi) is 11.6. The van der Waals surface area contributed by atoms with E-state index in [0.29, 0.717) is 23.8 Å². The van der Waals surface area contributed by atoms with Gasteiger partial charge in [-0.1, -0.05) is 68.7 Å². The van der Waals surface area contributed by atoms with E-state index < -0.39 is 12.1 Å². The van der Waals surface area contributed by atoms with E-state index in [1.54, 1.807) is 6.92 Å². The van der Waals surface area contributed by atoms with Gasteiger partial charge in [0.05, 0.1) is 5.57 Å². The van der Waals surface area contributed by atoms with Crippen molar-refractivity contribution in [1.82, 2.24) is 4.90 Å². The maximum Gasteiger partial charge on any atom is 0.338 e. The summed E-state index contributed by atoms with van der Waals surface area (Å²) in [5.74, 6) is 0.894. The Hall–Kier alpha value is -2.56. The van der Waals surface area contributed by atoms with Gasteiger partial charge in [-0.3, -0.25) is 4.79 Å². The summed E-state index contributed by atoms with van der Waals surface area (Å²) in [6.45, 7) is 14.0. The van der Waals surface area contributed by atoms with Gasteiger partial charge in [-0.15, -0.1) is 0 Å². The maximum absolute atomic E-state index is 12.5. The first kappa shape index (κ1) is 28.7. The molecule has 5 heteroatoms. The molecular weight excluding hydrogens is 438 g/mol. The minimum Gasteiger partial charge on any atom is -0.508 e. The molecule has 0 aliphatic carbocycles. The average Bonchev–Trinajstić information content (AvgIpc) is 3.27. The maximum atomic E-state index is 12.5. The Morgan fingerprint density at radius 2 is 2.00 bits per heavy atom. The smallest absolute Gasteiger partial charge is 0.338 e. The Morgan fingerprint density at radius 3 is 2.66 bits per heavy atom. The van der Waals surface area contributed by atoms with Crippen molar-refractivity contribution >= 4 is 11.9 Å². The summed E-state index contributed by atoms with van der Waals surface area (Å²) in [5, 5.41) is 9.97. The number of carbonyl (C=O) groups is 2. The second kappa shape index (κ2) is 14.1. The lowest BCUT2D eigenvalue weighted by atomic mass is 10.0. The number of carbonyl (C=O) groups excluding carboxylic acids is 2. The first-order chi connectivity index (χ1) is 16.6. The Bertz CT molecular complexity index is 905. The largest absolute Gasteiger partial charge is 0.508 e. The van der Waals surface area contributed by atoms with E-state index in [0.717, 1.165) is 62.8 Å². The van der Waals surface area contributed by atoms with Crippen LogP contribution < -0.4 is 0 Å². The standard InChI is InChI=1S/C30H45NO4/c1-7-21(2)20-31-18-17-26(29(31)33)16-10-14-23(4)12-8-11-22(3)13-9-15-24(5)19-27-28(32)25(6)30(34)35-27/h8,11-12,15,17,21-22,27,32H,7,9-10,13-14,16,18-20H2,1-6H3/b11-8+,23-12+,24-15-. The number of ether oxygens (including phenoxy) is 1. The number of hydrogen-bond donors (Lipinski definition) is 1. The lowest BCUT2D eigenvalue weighted by Crippen LogP contribution is -2.31. The van der Waals surface area contributed by atoms with Gasteiger partial charge in [0.2, 0.25) is 5.91 Å². The van der Waals surface area contributed by atoms with Crippen LogP contribution in [0.25, 0.3) is 0 Å². The lowest BCUT2D eigenvalue weighted by molar-refractivity contribution is -0.140. The van der Waals surface area contributed by atoms with Crippen LogP contribution in [0.1, 0.15) is 86.5 Å². The van der Waals surface area contributed by atoms with Crippen LogP contribution >= 0.6 is 0 Å². The number of nitrogens with zero attached hydrogens (tertiary/aromatic N) is 1. The molecule has 1 N–H and O–H groups in total. The molecule has 2 rings (SSSR count). The molecule has 2 aliphatic heterocycles. The van der Waals surface area contributed by atoms with E-state index in [1.165, 1.54) is 5.57 Å². The monoisotopic (exact) mass is 483 g/mol. The minimum absolute atomic E-state index is 0.0661. The van der Waals surface area contributed by atoms with Gasteiger partial charge in [-0.2, -0.15) is 0 Å². The fourth-order valence-corrected chi connectivity index (χ4v) is 4.34. The molecule has 0 saturated heterocycles. The molecule has 0 radical (unpaired) electrons. The molecule has 0 fully saturated rings. The predicted octanol–water partition coefficient (Wildman–Crippen LogP) is 6.98. The Labute approximate surface area is 212 Å². The highest BCUT2D eigenvalue weighted by Crippen LogP contribution is 2.25. The SMILES string of the molecule is CCC(C)CN1CC=C(CCC/C(C)=C/C=C/C(C)CC/C=C(/C)CC2OC(=O)C(C)=C2O)C1=O. The molecule has 3 unspecified atom stereocenters. The first-order valence-electron chi connectivity index (χ1n) is 13.2. The number of amides is 1. The van der Waals surface area contributed by atoms with Gasteiger partial charge >= 0.3 is 5.97 Å². The Morgan fingerprint density at radius 1 is 1.26 bits per heavy atom. The minimum atomic E-state index is -0.532. The van der Waals surface area contributed by atoms with E-state index >= 15 is 0 Å². The van der Waals surface area contributed by atoms with Crippen LogP contribution in [0.5, 0.6) is 0 Å². The number of hydrogen-bond acceptors (Lipinski definition) is 4. The number of aliphatic hydroxyl groups is 1. The molecule has 0 saturated carbocycles. The van der Waals surface area contributed by atoms with Gasteiger partial charge < -0.3 is 14.7 Å².